The first-order valence-corrected chi connectivity index (χ1v) is 7.40. The standard InChI is InChI=1S/C10H19NO.C4H10.CH3B/c1-9(2)11-6-4-3-5-10(11)7-12-8-10;1-4(2)3;1-2/h9H,3-8H2,1-2H3;4H,1-3H3;1H3. The van der Waals surface area contributed by atoms with Crippen LogP contribution in [0.25, 0.3) is 0 Å². The van der Waals surface area contributed by atoms with Crippen molar-refractivity contribution in [2.24, 2.45) is 5.92 Å². The Morgan fingerprint density at radius 3 is 1.78 bits per heavy atom. The van der Waals surface area contributed by atoms with Crippen LogP contribution in [0.15, 0.2) is 0 Å². The summed E-state index contributed by atoms with van der Waals surface area (Å²) in [6.07, 6.45) is 4.12. The molecule has 2 saturated heterocycles. The van der Waals surface area contributed by atoms with Crippen molar-refractivity contribution in [2.45, 2.75) is 72.3 Å². The quantitative estimate of drug-likeness (QED) is 0.663. The van der Waals surface area contributed by atoms with Crippen LogP contribution in [0.3, 0.4) is 0 Å². The number of hydrogen-bond donors (Lipinski definition) is 0. The highest BCUT2D eigenvalue weighted by Gasteiger charge is 2.45. The summed E-state index contributed by atoms with van der Waals surface area (Å²) in [6, 6.07) is 0.689. The van der Waals surface area contributed by atoms with Gasteiger partial charge in [0.1, 0.15) is 0 Å². The lowest BCUT2D eigenvalue weighted by Crippen LogP contribution is -2.65. The minimum atomic E-state index is 0.451. The van der Waals surface area contributed by atoms with Crippen LogP contribution < -0.4 is 0 Å². The van der Waals surface area contributed by atoms with Gasteiger partial charge in [0.2, 0.25) is 0 Å². The van der Waals surface area contributed by atoms with E-state index in [-0.39, 0.29) is 0 Å². The van der Waals surface area contributed by atoms with Crippen LogP contribution in [-0.4, -0.2) is 44.1 Å². The summed E-state index contributed by atoms with van der Waals surface area (Å²) in [7, 11) is 4.50. The van der Waals surface area contributed by atoms with E-state index < -0.39 is 0 Å². The van der Waals surface area contributed by atoms with E-state index in [1.54, 1.807) is 0 Å². The fourth-order valence-corrected chi connectivity index (χ4v) is 2.57. The van der Waals surface area contributed by atoms with Crippen molar-refractivity contribution >= 4 is 7.85 Å². The van der Waals surface area contributed by atoms with Gasteiger partial charge in [0.25, 0.3) is 0 Å². The summed E-state index contributed by atoms with van der Waals surface area (Å²) in [4.78, 5) is 2.64. The van der Waals surface area contributed by atoms with E-state index in [1.807, 2.05) is 0 Å². The second kappa shape index (κ2) is 8.98. The highest BCUT2D eigenvalue weighted by molar-refractivity contribution is 6.05. The molecule has 18 heavy (non-hydrogen) atoms. The maximum Gasteiger partial charge on any atom is 0.0680 e. The number of rotatable bonds is 1. The van der Waals surface area contributed by atoms with Gasteiger partial charge in [-0.3, -0.25) is 4.90 Å². The predicted molar refractivity (Wildman–Crippen MR) is 81.4 cm³/mol. The van der Waals surface area contributed by atoms with Crippen LogP contribution >= 0.6 is 0 Å². The Balaban J connectivity index is 0.000000415. The van der Waals surface area contributed by atoms with Crippen molar-refractivity contribution in [1.29, 1.82) is 0 Å². The van der Waals surface area contributed by atoms with E-state index in [9.17, 15) is 0 Å². The van der Waals surface area contributed by atoms with Crippen LogP contribution in [0, 0.1) is 5.92 Å². The molecule has 0 amide bonds. The molecule has 0 saturated carbocycles. The lowest BCUT2D eigenvalue weighted by Gasteiger charge is -2.54. The molecule has 2 rings (SSSR count). The lowest BCUT2D eigenvalue weighted by atomic mass is 9.84. The van der Waals surface area contributed by atoms with Crippen molar-refractivity contribution in [3.8, 4) is 0 Å². The van der Waals surface area contributed by atoms with E-state index in [4.69, 9.17) is 4.74 Å². The molecule has 0 aromatic carbocycles. The molecular weight excluding hydrogens is 221 g/mol. The zero-order chi connectivity index (χ0) is 14.2. The van der Waals surface area contributed by atoms with Crippen LogP contribution in [0.1, 0.15) is 53.9 Å². The molecule has 0 aliphatic carbocycles. The molecule has 0 N–H and O–H groups in total. The molecule has 0 unspecified atom stereocenters. The molecule has 2 nitrogen and oxygen atoms in total. The Morgan fingerprint density at radius 2 is 1.50 bits per heavy atom. The number of piperidine rings is 1. The average molecular weight is 253 g/mol. The van der Waals surface area contributed by atoms with Gasteiger partial charge in [0, 0.05) is 6.04 Å². The highest BCUT2D eigenvalue weighted by atomic mass is 16.5. The minimum Gasteiger partial charge on any atom is -0.377 e. The monoisotopic (exact) mass is 253 g/mol. The van der Waals surface area contributed by atoms with Crippen LogP contribution in [0.2, 0.25) is 6.82 Å². The maximum absolute atomic E-state index is 5.35. The van der Waals surface area contributed by atoms with Gasteiger partial charge in [-0.15, -0.1) is 0 Å². The van der Waals surface area contributed by atoms with Crippen molar-refractivity contribution in [2.75, 3.05) is 19.8 Å². The number of nitrogens with zero attached hydrogens (tertiary/aromatic N) is 1. The predicted octanol–water partition coefficient (Wildman–Crippen LogP) is 3.52. The minimum absolute atomic E-state index is 0.451. The Labute approximate surface area is 116 Å². The molecule has 3 heteroatoms. The molecular formula is C15H32BNO. The van der Waals surface area contributed by atoms with Gasteiger partial charge in [0.15, 0.2) is 0 Å². The van der Waals surface area contributed by atoms with Crippen LogP contribution in [-0.2, 0) is 4.74 Å². The zero-order valence-electron chi connectivity index (χ0n) is 13.3. The number of likely N-dealkylation sites (tertiary alicyclic amines) is 1. The SMILES string of the molecule is CC(C)C.CC(C)N1CCCCC12COC2.[B]C. The van der Waals surface area contributed by atoms with Gasteiger partial charge in [-0.25, -0.2) is 0 Å². The fourth-order valence-electron chi connectivity index (χ4n) is 2.57. The third-order valence-corrected chi connectivity index (χ3v) is 3.27. The summed E-state index contributed by atoms with van der Waals surface area (Å²) in [5.41, 5.74) is 0.451. The van der Waals surface area contributed by atoms with Crippen LogP contribution in [0.5, 0.6) is 0 Å². The smallest absolute Gasteiger partial charge is 0.0680 e. The Bertz CT molecular complexity index is 200. The van der Waals surface area contributed by atoms with Gasteiger partial charge >= 0.3 is 0 Å². The summed E-state index contributed by atoms with van der Waals surface area (Å²) < 4.78 is 5.35. The topological polar surface area (TPSA) is 12.5 Å². The van der Waals surface area contributed by atoms with Gasteiger partial charge in [-0.1, -0.05) is 34.0 Å². The molecule has 2 fully saturated rings. The largest absolute Gasteiger partial charge is 0.377 e. The Kier molecular flexibility index (Phi) is 8.97. The second-order valence-electron chi connectivity index (χ2n) is 6.19. The Hall–Kier alpha value is -0.0151. The van der Waals surface area contributed by atoms with Crippen molar-refractivity contribution in [1.82, 2.24) is 4.90 Å². The van der Waals surface area contributed by atoms with Gasteiger partial charge in [0.05, 0.1) is 26.6 Å². The lowest BCUT2D eigenvalue weighted by molar-refractivity contribution is -0.165. The van der Waals surface area contributed by atoms with E-state index in [2.05, 4.69) is 47.4 Å². The summed E-state index contributed by atoms with van der Waals surface area (Å²) in [6.45, 7) is 15.8. The molecule has 1 spiro atoms. The molecule has 0 bridgehead atoms. The van der Waals surface area contributed by atoms with Gasteiger partial charge in [-0.2, -0.15) is 0 Å². The molecule has 106 valence electrons. The van der Waals surface area contributed by atoms with Crippen molar-refractivity contribution in [3.63, 3.8) is 0 Å². The molecule has 0 aromatic rings. The molecule has 0 aromatic heterocycles. The first-order valence-electron chi connectivity index (χ1n) is 7.40. The number of hydrogen-bond acceptors (Lipinski definition) is 2. The first kappa shape index (κ1) is 18.0. The van der Waals surface area contributed by atoms with E-state index in [0.29, 0.717) is 11.6 Å². The zero-order valence-corrected chi connectivity index (χ0v) is 13.3. The average Bonchev–Trinajstić information content (AvgIpc) is 2.28. The molecule has 2 heterocycles. The summed E-state index contributed by atoms with van der Waals surface area (Å²) in [5.74, 6) is 0.833. The number of ether oxygens (including phenoxy) is 1. The van der Waals surface area contributed by atoms with Crippen molar-refractivity contribution < 1.29 is 4.74 Å². The third kappa shape index (κ3) is 5.32. The normalized spacial score (nSPS) is 21.8. The summed E-state index contributed by atoms with van der Waals surface area (Å²) in [5, 5.41) is 0. The van der Waals surface area contributed by atoms with Gasteiger partial charge < -0.3 is 4.74 Å². The van der Waals surface area contributed by atoms with Crippen molar-refractivity contribution in [3.05, 3.63) is 0 Å². The molecule has 2 radical (unpaired) electrons. The molecule has 2 aliphatic rings. The molecule has 0 atom stereocenters. The first-order chi connectivity index (χ1) is 8.48. The third-order valence-electron chi connectivity index (χ3n) is 3.27. The van der Waals surface area contributed by atoms with E-state index >= 15 is 0 Å². The Morgan fingerprint density at radius 1 is 1.00 bits per heavy atom. The highest BCUT2D eigenvalue weighted by Crippen LogP contribution is 2.35. The second-order valence-corrected chi connectivity index (χ2v) is 6.19. The van der Waals surface area contributed by atoms with E-state index in [0.717, 1.165) is 19.1 Å². The fraction of sp³-hybridized carbons (Fsp3) is 1.00. The van der Waals surface area contributed by atoms with Gasteiger partial charge in [-0.05, 0) is 39.2 Å². The summed E-state index contributed by atoms with van der Waals surface area (Å²) >= 11 is 0. The molecule has 2 aliphatic heterocycles. The van der Waals surface area contributed by atoms with Crippen LogP contribution in [0.4, 0.5) is 0 Å². The van der Waals surface area contributed by atoms with E-state index in [1.165, 1.54) is 32.6 Å². The maximum atomic E-state index is 5.35.